The van der Waals surface area contributed by atoms with Crippen LogP contribution in [0.25, 0.3) is 17.2 Å². The first-order chi connectivity index (χ1) is 13.5. The Balaban J connectivity index is 1.87. The molecule has 0 unspecified atom stereocenters. The van der Waals surface area contributed by atoms with Crippen molar-refractivity contribution in [2.24, 2.45) is 0 Å². The fraction of sp³-hybridized carbons (Fsp3) is 0.182. The molecule has 2 heterocycles. The second kappa shape index (κ2) is 8.71. The molecule has 28 heavy (non-hydrogen) atoms. The fourth-order valence-corrected chi connectivity index (χ4v) is 3.62. The van der Waals surface area contributed by atoms with Crippen molar-refractivity contribution in [3.63, 3.8) is 0 Å². The smallest absolute Gasteiger partial charge is 0.341 e. The third-order valence-electron chi connectivity index (χ3n) is 4.03. The molecule has 1 aromatic carbocycles. The number of hydrogen-bond acceptors (Lipinski definition) is 5. The number of aryl methyl sites for hydroxylation is 2. The quantitative estimate of drug-likeness (QED) is 0.445. The highest BCUT2D eigenvalue weighted by molar-refractivity contribution is 7.15. The number of nitrogens with one attached hydrogen (secondary N) is 1. The highest BCUT2D eigenvalue weighted by Crippen LogP contribution is 2.36. The van der Waals surface area contributed by atoms with Gasteiger partial charge in [0.15, 0.2) is 0 Å². The number of esters is 1. The summed E-state index contributed by atoms with van der Waals surface area (Å²) in [5.74, 6) is 0.549. The lowest BCUT2D eigenvalue weighted by Gasteiger charge is -2.08. The average Bonchev–Trinajstić information content (AvgIpc) is 3.27. The highest BCUT2D eigenvalue weighted by atomic mass is 32.1. The molecular formula is C22H21NO4S. The number of amides is 1. The predicted octanol–water partition coefficient (Wildman–Crippen LogP) is 5.45. The van der Waals surface area contributed by atoms with Crippen LogP contribution in [0.4, 0.5) is 5.00 Å². The molecule has 5 nitrogen and oxygen atoms in total. The van der Waals surface area contributed by atoms with Crippen LogP contribution in [0.15, 0.2) is 52.3 Å². The van der Waals surface area contributed by atoms with Crippen LogP contribution in [-0.2, 0) is 9.53 Å². The zero-order valence-corrected chi connectivity index (χ0v) is 16.8. The minimum absolute atomic E-state index is 0.257. The normalized spacial score (nSPS) is 11.0. The lowest BCUT2D eigenvalue weighted by molar-refractivity contribution is -0.111. The largest absolute Gasteiger partial charge is 0.462 e. The zero-order chi connectivity index (χ0) is 20.1. The molecular weight excluding hydrogens is 374 g/mol. The number of thiophene rings is 1. The van der Waals surface area contributed by atoms with E-state index < -0.39 is 5.97 Å². The van der Waals surface area contributed by atoms with Crippen molar-refractivity contribution in [2.75, 3.05) is 11.9 Å². The Morgan fingerprint density at radius 3 is 2.54 bits per heavy atom. The minimum Gasteiger partial charge on any atom is -0.462 e. The lowest BCUT2D eigenvalue weighted by Crippen LogP contribution is -2.12. The van der Waals surface area contributed by atoms with Crippen molar-refractivity contribution < 1.29 is 18.7 Å². The molecule has 1 N–H and O–H groups in total. The van der Waals surface area contributed by atoms with Gasteiger partial charge in [-0.05, 0) is 44.5 Å². The summed E-state index contributed by atoms with van der Waals surface area (Å²) < 4.78 is 10.6. The van der Waals surface area contributed by atoms with E-state index in [1.807, 2.05) is 49.6 Å². The highest BCUT2D eigenvalue weighted by Gasteiger charge is 2.22. The standard InChI is InChI=1S/C22H21NO4S/c1-4-26-22(25)20-18(16-8-5-14(2)6-9-16)13-28-21(20)23-19(24)12-11-17-10-7-15(3)27-17/h5-13H,4H2,1-3H3,(H,23,24)/b12-11+. The van der Waals surface area contributed by atoms with Gasteiger partial charge in [0.1, 0.15) is 22.1 Å². The van der Waals surface area contributed by atoms with E-state index in [0.717, 1.165) is 22.5 Å². The molecule has 3 rings (SSSR count). The van der Waals surface area contributed by atoms with E-state index in [0.29, 0.717) is 16.3 Å². The van der Waals surface area contributed by atoms with Gasteiger partial charge in [0.2, 0.25) is 5.91 Å². The molecule has 0 aliphatic heterocycles. The zero-order valence-electron chi connectivity index (χ0n) is 15.9. The molecule has 0 aliphatic carbocycles. The Bertz CT molecular complexity index is 1010. The fourth-order valence-electron chi connectivity index (χ4n) is 2.66. The van der Waals surface area contributed by atoms with Gasteiger partial charge in [-0.1, -0.05) is 29.8 Å². The van der Waals surface area contributed by atoms with Crippen molar-refractivity contribution in [3.8, 4) is 11.1 Å². The maximum absolute atomic E-state index is 12.6. The molecule has 1 amide bonds. The summed E-state index contributed by atoms with van der Waals surface area (Å²) in [6.45, 7) is 5.85. The van der Waals surface area contributed by atoms with E-state index in [1.165, 1.54) is 17.4 Å². The van der Waals surface area contributed by atoms with Crippen molar-refractivity contribution in [1.82, 2.24) is 0 Å². The number of rotatable bonds is 6. The van der Waals surface area contributed by atoms with Crippen LogP contribution >= 0.6 is 11.3 Å². The predicted molar refractivity (Wildman–Crippen MR) is 112 cm³/mol. The Morgan fingerprint density at radius 2 is 1.89 bits per heavy atom. The molecule has 2 aromatic heterocycles. The molecule has 0 spiro atoms. The van der Waals surface area contributed by atoms with Gasteiger partial charge in [-0.15, -0.1) is 11.3 Å². The molecule has 144 valence electrons. The Labute approximate surface area is 167 Å². The first-order valence-corrected chi connectivity index (χ1v) is 9.77. The summed E-state index contributed by atoms with van der Waals surface area (Å²) in [4.78, 5) is 24.9. The maximum atomic E-state index is 12.6. The topological polar surface area (TPSA) is 68.5 Å². The summed E-state index contributed by atoms with van der Waals surface area (Å²) in [6, 6.07) is 11.5. The number of carbonyl (C=O) groups is 2. The van der Waals surface area contributed by atoms with Gasteiger partial charge < -0.3 is 14.5 Å². The molecule has 0 bridgehead atoms. The van der Waals surface area contributed by atoms with Gasteiger partial charge in [0.25, 0.3) is 0 Å². The SMILES string of the molecule is CCOC(=O)c1c(-c2ccc(C)cc2)csc1NC(=O)/C=C/c1ccc(C)o1. The molecule has 0 saturated heterocycles. The Kier molecular flexibility index (Phi) is 6.11. The summed E-state index contributed by atoms with van der Waals surface area (Å²) >= 11 is 1.29. The van der Waals surface area contributed by atoms with Gasteiger partial charge in [0, 0.05) is 17.0 Å². The third-order valence-corrected chi connectivity index (χ3v) is 4.93. The molecule has 0 aliphatic rings. The van der Waals surface area contributed by atoms with Gasteiger partial charge in [-0.3, -0.25) is 4.79 Å². The monoisotopic (exact) mass is 395 g/mol. The number of ether oxygens (including phenoxy) is 1. The van der Waals surface area contributed by atoms with Crippen molar-refractivity contribution in [2.45, 2.75) is 20.8 Å². The van der Waals surface area contributed by atoms with E-state index in [-0.39, 0.29) is 12.5 Å². The van der Waals surface area contributed by atoms with Crippen LogP contribution in [0.3, 0.4) is 0 Å². The molecule has 0 atom stereocenters. The van der Waals surface area contributed by atoms with Gasteiger partial charge in [0.05, 0.1) is 6.61 Å². The number of hydrogen-bond donors (Lipinski definition) is 1. The summed E-state index contributed by atoms with van der Waals surface area (Å²) in [5, 5.41) is 5.09. The second-order valence-corrected chi connectivity index (χ2v) is 7.09. The van der Waals surface area contributed by atoms with Gasteiger partial charge in [-0.2, -0.15) is 0 Å². The van der Waals surface area contributed by atoms with Gasteiger partial charge >= 0.3 is 5.97 Å². The van der Waals surface area contributed by atoms with E-state index in [2.05, 4.69) is 5.32 Å². The molecule has 3 aromatic rings. The number of anilines is 1. The van der Waals surface area contributed by atoms with Gasteiger partial charge in [-0.25, -0.2) is 4.79 Å². The first kappa shape index (κ1) is 19.6. The third kappa shape index (κ3) is 4.58. The van der Waals surface area contributed by atoms with Crippen LogP contribution in [0.5, 0.6) is 0 Å². The van der Waals surface area contributed by atoms with Crippen LogP contribution in [0, 0.1) is 13.8 Å². The first-order valence-electron chi connectivity index (χ1n) is 8.89. The van der Waals surface area contributed by atoms with Crippen LogP contribution < -0.4 is 5.32 Å². The summed E-state index contributed by atoms with van der Waals surface area (Å²) in [7, 11) is 0. The average molecular weight is 395 g/mol. The second-order valence-electron chi connectivity index (χ2n) is 6.21. The molecule has 6 heteroatoms. The number of benzene rings is 1. The van der Waals surface area contributed by atoms with Crippen LogP contribution in [-0.4, -0.2) is 18.5 Å². The minimum atomic E-state index is -0.458. The summed E-state index contributed by atoms with van der Waals surface area (Å²) in [5.41, 5.74) is 3.13. The van der Waals surface area contributed by atoms with E-state index in [1.54, 1.807) is 19.1 Å². The molecule has 0 radical (unpaired) electrons. The Morgan fingerprint density at radius 1 is 1.14 bits per heavy atom. The van der Waals surface area contributed by atoms with Crippen LogP contribution in [0.1, 0.15) is 34.4 Å². The van der Waals surface area contributed by atoms with E-state index in [4.69, 9.17) is 9.15 Å². The Hall–Kier alpha value is -3.12. The van der Waals surface area contributed by atoms with Crippen molar-refractivity contribution in [3.05, 3.63) is 70.5 Å². The number of furan rings is 1. The van der Waals surface area contributed by atoms with Crippen molar-refractivity contribution in [1.29, 1.82) is 0 Å². The maximum Gasteiger partial charge on any atom is 0.341 e. The lowest BCUT2D eigenvalue weighted by atomic mass is 10.0. The van der Waals surface area contributed by atoms with E-state index >= 15 is 0 Å². The summed E-state index contributed by atoms with van der Waals surface area (Å²) in [6.07, 6.45) is 2.96. The van der Waals surface area contributed by atoms with E-state index in [9.17, 15) is 9.59 Å². The van der Waals surface area contributed by atoms with Crippen molar-refractivity contribution >= 4 is 34.3 Å². The number of carbonyl (C=O) groups excluding carboxylic acids is 2. The van der Waals surface area contributed by atoms with Crippen LogP contribution in [0.2, 0.25) is 0 Å². The molecule has 0 fully saturated rings. The molecule has 0 saturated carbocycles.